The van der Waals surface area contributed by atoms with Gasteiger partial charge in [0.2, 0.25) is 0 Å². The molecule has 4 atom stereocenters. The minimum atomic E-state index is -0.204. The first-order chi connectivity index (χ1) is 11.5. The van der Waals surface area contributed by atoms with E-state index in [-0.39, 0.29) is 12.2 Å². The first-order valence-corrected chi connectivity index (χ1v) is 9.40. The molecule has 3 rings (SSSR count). The van der Waals surface area contributed by atoms with Crippen molar-refractivity contribution < 1.29 is 10.2 Å². The molecule has 2 fully saturated rings. The maximum Gasteiger partial charge on any atom is 0.0693 e. The van der Waals surface area contributed by atoms with Crippen molar-refractivity contribution >= 4 is 0 Å². The summed E-state index contributed by atoms with van der Waals surface area (Å²) in [6.07, 6.45) is 1.73. The summed E-state index contributed by atoms with van der Waals surface area (Å²) in [5, 5.41) is 20.3. The number of rotatable bonds is 4. The van der Waals surface area contributed by atoms with Gasteiger partial charge in [0.1, 0.15) is 0 Å². The molecule has 0 saturated carbocycles. The number of benzene rings is 1. The van der Waals surface area contributed by atoms with Crippen LogP contribution in [0.15, 0.2) is 24.3 Å². The quantitative estimate of drug-likeness (QED) is 0.886. The predicted molar refractivity (Wildman–Crippen MR) is 96.6 cm³/mol. The molecule has 2 heterocycles. The molecule has 2 N–H and O–H groups in total. The second kappa shape index (κ2) is 7.96. The van der Waals surface area contributed by atoms with Crippen molar-refractivity contribution in [3.8, 4) is 0 Å². The first kappa shape index (κ1) is 17.9. The van der Waals surface area contributed by atoms with Crippen molar-refractivity contribution in [3.05, 3.63) is 35.4 Å². The fourth-order valence-corrected chi connectivity index (χ4v) is 3.86. The highest BCUT2D eigenvalue weighted by atomic mass is 16.3. The smallest absolute Gasteiger partial charge is 0.0693 e. The topological polar surface area (TPSA) is 46.9 Å². The number of piperidine rings is 2. The molecule has 0 bridgehead atoms. The molecule has 2 aliphatic rings. The van der Waals surface area contributed by atoms with Crippen molar-refractivity contribution in [2.75, 3.05) is 26.2 Å². The van der Waals surface area contributed by atoms with Gasteiger partial charge in [-0.3, -0.25) is 9.80 Å². The van der Waals surface area contributed by atoms with Crippen LogP contribution in [0.4, 0.5) is 0 Å². The summed E-state index contributed by atoms with van der Waals surface area (Å²) in [5.74, 6) is 0.821. The van der Waals surface area contributed by atoms with Crippen LogP contribution in [0, 0.1) is 11.8 Å². The highest BCUT2D eigenvalue weighted by Gasteiger charge is 2.26. The van der Waals surface area contributed by atoms with Gasteiger partial charge in [0, 0.05) is 26.2 Å². The second-order valence-corrected chi connectivity index (χ2v) is 7.91. The number of aliphatic hydroxyl groups excluding tert-OH is 2. The molecule has 1 aromatic rings. The van der Waals surface area contributed by atoms with Crippen LogP contribution in [0.1, 0.15) is 37.8 Å². The van der Waals surface area contributed by atoms with E-state index in [0.717, 1.165) is 52.1 Å². The summed E-state index contributed by atoms with van der Waals surface area (Å²) in [5.41, 5.74) is 2.71. The largest absolute Gasteiger partial charge is 0.392 e. The Labute approximate surface area is 146 Å². The Balaban J connectivity index is 1.63. The highest BCUT2D eigenvalue weighted by molar-refractivity contribution is 5.27. The van der Waals surface area contributed by atoms with Crippen LogP contribution in [0.3, 0.4) is 0 Å². The Morgan fingerprint density at radius 2 is 1.25 bits per heavy atom. The highest BCUT2D eigenvalue weighted by Crippen LogP contribution is 2.23. The Kier molecular flexibility index (Phi) is 5.93. The molecule has 2 aliphatic heterocycles. The van der Waals surface area contributed by atoms with Crippen molar-refractivity contribution in [1.29, 1.82) is 0 Å². The van der Waals surface area contributed by atoms with Crippen LogP contribution in [0.25, 0.3) is 0 Å². The standard InChI is InChI=1S/C20H32N2O2/c1-15-7-9-21(13-19(15)23)11-17-5-3-4-6-18(17)12-22-10-8-16(2)20(24)14-22/h3-6,15-16,19-20,23-24H,7-14H2,1-2H3. The Morgan fingerprint density at radius 1 is 0.833 bits per heavy atom. The molecular formula is C20H32N2O2. The molecular weight excluding hydrogens is 300 g/mol. The Hall–Kier alpha value is -0.940. The summed E-state index contributed by atoms with van der Waals surface area (Å²) in [4.78, 5) is 4.74. The average Bonchev–Trinajstić information content (AvgIpc) is 2.56. The number of β-amino-alcohol motifs (C(OH)–C–C–N with tert-alkyl or cyclic N) is 2. The molecule has 1 aromatic carbocycles. The van der Waals surface area contributed by atoms with Gasteiger partial charge in [-0.25, -0.2) is 0 Å². The van der Waals surface area contributed by atoms with Gasteiger partial charge in [-0.1, -0.05) is 38.1 Å². The maximum absolute atomic E-state index is 10.1. The van der Waals surface area contributed by atoms with Gasteiger partial charge in [0.15, 0.2) is 0 Å². The summed E-state index contributed by atoms with van der Waals surface area (Å²) in [6.45, 7) is 9.76. The lowest BCUT2D eigenvalue weighted by molar-refractivity contribution is 0.0229. The van der Waals surface area contributed by atoms with Crippen molar-refractivity contribution in [2.45, 2.75) is 52.0 Å². The number of nitrogens with zero attached hydrogens (tertiary/aromatic N) is 2. The fourth-order valence-electron chi connectivity index (χ4n) is 3.86. The summed E-state index contributed by atoms with van der Waals surface area (Å²) in [7, 11) is 0. The first-order valence-electron chi connectivity index (χ1n) is 9.40. The van der Waals surface area contributed by atoms with Gasteiger partial charge < -0.3 is 10.2 Å². The minimum absolute atomic E-state index is 0.204. The molecule has 0 radical (unpaired) electrons. The predicted octanol–water partition coefficient (Wildman–Crippen LogP) is 2.09. The zero-order valence-electron chi connectivity index (χ0n) is 15.1. The lowest BCUT2D eigenvalue weighted by Crippen LogP contribution is -2.43. The van der Waals surface area contributed by atoms with E-state index in [4.69, 9.17) is 0 Å². The molecule has 0 amide bonds. The van der Waals surface area contributed by atoms with Crippen LogP contribution >= 0.6 is 0 Å². The van der Waals surface area contributed by atoms with Crippen LogP contribution in [-0.2, 0) is 13.1 Å². The molecule has 0 spiro atoms. The van der Waals surface area contributed by atoms with Crippen molar-refractivity contribution in [2.24, 2.45) is 11.8 Å². The summed E-state index contributed by atoms with van der Waals surface area (Å²) >= 11 is 0. The molecule has 4 heteroatoms. The molecule has 134 valence electrons. The van der Waals surface area contributed by atoms with E-state index in [1.54, 1.807) is 0 Å². The molecule has 4 unspecified atom stereocenters. The number of aliphatic hydroxyl groups is 2. The lowest BCUT2D eigenvalue weighted by atomic mass is 9.94. The molecule has 24 heavy (non-hydrogen) atoms. The molecule has 2 saturated heterocycles. The van der Waals surface area contributed by atoms with E-state index in [1.807, 2.05) is 0 Å². The van der Waals surface area contributed by atoms with Gasteiger partial charge in [-0.15, -0.1) is 0 Å². The number of hydrogen-bond donors (Lipinski definition) is 2. The van der Waals surface area contributed by atoms with Gasteiger partial charge in [0.25, 0.3) is 0 Å². The monoisotopic (exact) mass is 332 g/mol. The van der Waals surface area contributed by atoms with E-state index < -0.39 is 0 Å². The minimum Gasteiger partial charge on any atom is -0.392 e. The van der Waals surface area contributed by atoms with E-state index in [2.05, 4.69) is 47.9 Å². The van der Waals surface area contributed by atoms with E-state index in [0.29, 0.717) is 11.8 Å². The summed E-state index contributed by atoms with van der Waals surface area (Å²) < 4.78 is 0. The van der Waals surface area contributed by atoms with Crippen LogP contribution in [-0.4, -0.2) is 58.4 Å². The third-order valence-electron chi connectivity index (χ3n) is 5.91. The van der Waals surface area contributed by atoms with Gasteiger partial charge >= 0.3 is 0 Å². The fraction of sp³-hybridized carbons (Fsp3) is 0.700. The number of likely N-dealkylation sites (tertiary alicyclic amines) is 2. The zero-order valence-corrected chi connectivity index (χ0v) is 15.1. The van der Waals surface area contributed by atoms with E-state index in [1.165, 1.54) is 11.1 Å². The zero-order chi connectivity index (χ0) is 17.1. The normalized spacial score (nSPS) is 32.8. The third-order valence-corrected chi connectivity index (χ3v) is 5.91. The SMILES string of the molecule is CC1CCN(Cc2ccccc2CN2CCC(C)C(O)C2)CC1O. The second-order valence-electron chi connectivity index (χ2n) is 7.91. The Morgan fingerprint density at radius 3 is 1.62 bits per heavy atom. The summed E-state index contributed by atoms with van der Waals surface area (Å²) in [6, 6.07) is 8.63. The molecule has 4 nitrogen and oxygen atoms in total. The van der Waals surface area contributed by atoms with Gasteiger partial charge in [0.05, 0.1) is 12.2 Å². The Bertz CT molecular complexity index is 489. The molecule has 0 aromatic heterocycles. The molecule has 0 aliphatic carbocycles. The van der Waals surface area contributed by atoms with Crippen LogP contribution in [0.5, 0.6) is 0 Å². The lowest BCUT2D eigenvalue weighted by Gasteiger charge is -2.36. The van der Waals surface area contributed by atoms with Gasteiger partial charge in [-0.05, 0) is 48.9 Å². The van der Waals surface area contributed by atoms with E-state index >= 15 is 0 Å². The average molecular weight is 332 g/mol. The van der Waals surface area contributed by atoms with Crippen LogP contribution < -0.4 is 0 Å². The van der Waals surface area contributed by atoms with E-state index in [9.17, 15) is 10.2 Å². The number of hydrogen-bond acceptors (Lipinski definition) is 4. The van der Waals surface area contributed by atoms with Crippen LogP contribution in [0.2, 0.25) is 0 Å². The maximum atomic E-state index is 10.1. The third kappa shape index (κ3) is 4.37. The van der Waals surface area contributed by atoms with Crippen molar-refractivity contribution in [1.82, 2.24) is 9.80 Å². The van der Waals surface area contributed by atoms with Crippen molar-refractivity contribution in [3.63, 3.8) is 0 Å². The van der Waals surface area contributed by atoms with Gasteiger partial charge in [-0.2, -0.15) is 0 Å².